The van der Waals surface area contributed by atoms with E-state index in [2.05, 4.69) is 10.1 Å². The fourth-order valence-electron chi connectivity index (χ4n) is 1.78. The van der Waals surface area contributed by atoms with E-state index in [4.69, 9.17) is 5.14 Å². The molecule has 2 rings (SSSR count). The Morgan fingerprint density at radius 1 is 1.24 bits per heavy atom. The first-order valence-electron chi connectivity index (χ1n) is 4.90. The molecule has 2 aromatic rings. The van der Waals surface area contributed by atoms with Crippen LogP contribution in [0.25, 0.3) is 5.69 Å². The summed E-state index contributed by atoms with van der Waals surface area (Å²) >= 11 is 0. The summed E-state index contributed by atoms with van der Waals surface area (Å²) in [6.45, 7) is 3.28. The van der Waals surface area contributed by atoms with Crippen LogP contribution >= 0.6 is 0 Å². The molecule has 0 unspecified atom stereocenters. The first-order chi connectivity index (χ1) is 7.91. The molecular formula is C10H12N4O2S. The number of nitrogens with zero attached hydrogens (tertiary/aromatic N) is 3. The van der Waals surface area contributed by atoms with Crippen LogP contribution in [0, 0.1) is 13.8 Å². The minimum atomic E-state index is -3.75. The van der Waals surface area contributed by atoms with E-state index in [1.807, 2.05) is 0 Å². The molecule has 0 aromatic carbocycles. The molecule has 0 amide bonds. The maximum absolute atomic E-state index is 11.4. The number of primary sulfonamides is 1. The summed E-state index contributed by atoms with van der Waals surface area (Å²) in [5.41, 5.74) is 1.63. The molecule has 0 bridgehead atoms. The molecule has 2 heterocycles. The molecule has 0 saturated heterocycles. The molecular weight excluding hydrogens is 240 g/mol. The third kappa shape index (κ3) is 2.06. The lowest BCUT2D eigenvalue weighted by atomic mass is 10.3. The van der Waals surface area contributed by atoms with E-state index in [0.717, 1.165) is 5.69 Å². The van der Waals surface area contributed by atoms with Crippen molar-refractivity contribution in [3.63, 3.8) is 0 Å². The minimum absolute atomic E-state index is 0.0781. The fraction of sp³-hybridized carbons (Fsp3) is 0.200. The van der Waals surface area contributed by atoms with Crippen molar-refractivity contribution in [3.05, 3.63) is 35.9 Å². The molecule has 0 spiro atoms. The lowest BCUT2D eigenvalue weighted by molar-refractivity contribution is 0.596. The van der Waals surface area contributed by atoms with Crippen molar-refractivity contribution in [3.8, 4) is 5.69 Å². The zero-order valence-corrected chi connectivity index (χ0v) is 10.3. The summed E-state index contributed by atoms with van der Waals surface area (Å²) in [5.74, 6) is 0. The van der Waals surface area contributed by atoms with Crippen molar-refractivity contribution in [1.82, 2.24) is 14.8 Å². The zero-order valence-electron chi connectivity index (χ0n) is 9.45. The highest BCUT2D eigenvalue weighted by Gasteiger charge is 2.21. The van der Waals surface area contributed by atoms with Crippen LogP contribution in [0.5, 0.6) is 0 Å². The summed E-state index contributed by atoms with van der Waals surface area (Å²) in [7, 11) is -3.75. The Hall–Kier alpha value is -1.73. The molecule has 0 fully saturated rings. The normalized spacial score (nSPS) is 11.7. The van der Waals surface area contributed by atoms with E-state index in [1.54, 1.807) is 38.4 Å². The quantitative estimate of drug-likeness (QED) is 0.844. The van der Waals surface area contributed by atoms with Crippen LogP contribution in [0.3, 0.4) is 0 Å². The lowest BCUT2D eigenvalue weighted by Crippen LogP contribution is -2.14. The first kappa shape index (κ1) is 11.7. The Balaban J connectivity index is 2.69. The molecule has 0 aliphatic carbocycles. The number of hydrogen-bond donors (Lipinski definition) is 1. The number of aromatic nitrogens is 3. The van der Waals surface area contributed by atoms with E-state index in [1.165, 1.54) is 4.68 Å². The highest BCUT2D eigenvalue weighted by molar-refractivity contribution is 7.89. The second-order valence-corrected chi connectivity index (χ2v) is 5.16. The van der Waals surface area contributed by atoms with Crippen LogP contribution in [0.1, 0.15) is 11.4 Å². The second kappa shape index (κ2) is 3.94. The highest BCUT2D eigenvalue weighted by Crippen LogP contribution is 2.20. The molecule has 2 N–H and O–H groups in total. The van der Waals surface area contributed by atoms with Gasteiger partial charge in [0.05, 0.1) is 17.1 Å². The average Bonchev–Trinajstić information content (AvgIpc) is 2.54. The predicted molar refractivity (Wildman–Crippen MR) is 62.2 cm³/mol. The van der Waals surface area contributed by atoms with E-state index < -0.39 is 10.0 Å². The minimum Gasteiger partial charge on any atom is -0.265 e. The van der Waals surface area contributed by atoms with Gasteiger partial charge in [-0.2, -0.15) is 5.10 Å². The van der Waals surface area contributed by atoms with E-state index in [0.29, 0.717) is 11.4 Å². The van der Waals surface area contributed by atoms with Crippen molar-refractivity contribution in [2.45, 2.75) is 18.7 Å². The number of nitrogens with two attached hydrogens (primary N) is 1. The monoisotopic (exact) mass is 252 g/mol. The topological polar surface area (TPSA) is 90.9 Å². The van der Waals surface area contributed by atoms with Gasteiger partial charge < -0.3 is 0 Å². The van der Waals surface area contributed by atoms with Crippen LogP contribution in [-0.2, 0) is 10.0 Å². The van der Waals surface area contributed by atoms with Crippen molar-refractivity contribution < 1.29 is 8.42 Å². The Kier molecular flexibility index (Phi) is 2.72. The molecule has 6 nitrogen and oxygen atoms in total. The first-order valence-corrected chi connectivity index (χ1v) is 6.45. The predicted octanol–water partition coefficient (Wildman–Crippen LogP) is 0.532. The maximum Gasteiger partial charge on any atom is 0.241 e. The average molecular weight is 252 g/mol. The number of sulfonamides is 1. The van der Waals surface area contributed by atoms with Crippen LogP contribution in [0.4, 0.5) is 0 Å². The Labute approximate surface area is 99.1 Å². The number of hydrogen-bond acceptors (Lipinski definition) is 4. The molecule has 0 aliphatic rings. The zero-order chi connectivity index (χ0) is 12.6. The smallest absolute Gasteiger partial charge is 0.241 e. The van der Waals surface area contributed by atoms with Crippen LogP contribution < -0.4 is 5.14 Å². The van der Waals surface area contributed by atoms with Gasteiger partial charge in [0.15, 0.2) is 0 Å². The molecule has 2 aromatic heterocycles. The molecule has 0 atom stereocenters. The van der Waals surface area contributed by atoms with Gasteiger partial charge in [-0.25, -0.2) is 18.2 Å². The van der Waals surface area contributed by atoms with Crippen LogP contribution in [-0.4, -0.2) is 23.2 Å². The van der Waals surface area contributed by atoms with Gasteiger partial charge >= 0.3 is 0 Å². The van der Waals surface area contributed by atoms with Crippen LogP contribution in [0.15, 0.2) is 29.4 Å². The molecule has 0 radical (unpaired) electrons. The van der Waals surface area contributed by atoms with Gasteiger partial charge in [0, 0.05) is 12.4 Å². The summed E-state index contributed by atoms with van der Waals surface area (Å²) < 4.78 is 24.4. The standard InChI is InChI=1S/C10H12N4O2S/c1-7-10(17(11,15)16)8(2)14(13-7)9-3-5-12-6-4-9/h3-6H,1-2H3,(H2,11,15,16). The van der Waals surface area contributed by atoms with Gasteiger partial charge in [-0.15, -0.1) is 0 Å². The Bertz CT molecular complexity index is 646. The third-order valence-corrected chi connectivity index (χ3v) is 3.58. The Morgan fingerprint density at radius 3 is 2.29 bits per heavy atom. The van der Waals surface area contributed by atoms with Crippen molar-refractivity contribution in [2.24, 2.45) is 5.14 Å². The van der Waals surface area contributed by atoms with E-state index in [9.17, 15) is 8.42 Å². The molecule has 7 heteroatoms. The number of rotatable bonds is 2. The van der Waals surface area contributed by atoms with Crippen LogP contribution in [0.2, 0.25) is 0 Å². The molecule has 0 aliphatic heterocycles. The highest BCUT2D eigenvalue weighted by atomic mass is 32.2. The molecule has 90 valence electrons. The summed E-state index contributed by atoms with van der Waals surface area (Å²) in [6, 6.07) is 3.48. The van der Waals surface area contributed by atoms with Gasteiger partial charge in [0.25, 0.3) is 0 Å². The van der Waals surface area contributed by atoms with E-state index >= 15 is 0 Å². The number of pyridine rings is 1. The fourth-order valence-corrected chi connectivity index (χ4v) is 2.73. The maximum atomic E-state index is 11.4. The van der Waals surface area contributed by atoms with Gasteiger partial charge in [0.1, 0.15) is 4.90 Å². The van der Waals surface area contributed by atoms with E-state index in [-0.39, 0.29) is 4.90 Å². The third-order valence-electron chi connectivity index (χ3n) is 2.42. The molecule has 17 heavy (non-hydrogen) atoms. The summed E-state index contributed by atoms with van der Waals surface area (Å²) in [4.78, 5) is 3.97. The van der Waals surface area contributed by atoms with Crippen molar-refractivity contribution in [1.29, 1.82) is 0 Å². The molecule has 0 saturated carbocycles. The van der Waals surface area contributed by atoms with Gasteiger partial charge in [-0.1, -0.05) is 0 Å². The summed E-state index contributed by atoms with van der Waals surface area (Å²) in [6.07, 6.45) is 3.23. The van der Waals surface area contributed by atoms with Crippen molar-refractivity contribution >= 4 is 10.0 Å². The largest absolute Gasteiger partial charge is 0.265 e. The summed E-state index contributed by atoms with van der Waals surface area (Å²) in [5, 5.41) is 9.33. The SMILES string of the molecule is Cc1nn(-c2ccncc2)c(C)c1S(N)(=O)=O. The van der Waals surface area contributed by atoms with Gasteiger partial charge in [-0.3, -0.25) is 4.98 Å². The lowest BCUT2D eigenvalue weighted by Gasteiger charge is -2.03. The van der Waals surface area contributed by atoms with Crippen molar-refractivity contribution in [2.75, 3.05) is 0 Å². The Morgan fingerprint density at radius 2 is 1.82 bits per heavy atom. The number of aryl methyl sites for hydroxylation is 1. The van der Waals surface area contributed by atoms with Gasteiger partial charge in [-0.05, 0) is 26.0 Å². The second-order valence-electron chi connectivity index (χ2n) is 3.66. The van der Waals surface area contributed by atoms with Gasteiger partial charge in [0.2, 0.25) is 10.0 Å².